The summed E-state index contributed by atoms with van der Waals surface area (Å²) in [5.41, 5.74) is 13.0. The zero-order valence-electron chi connectivity index (χ0n) is 17.2. The molecule has 1 saturated heterocycles. The van der Waals surface area contributed by atoms with Gasteiger partial charge in [0.05, 0.1) is 44.1 Å². The van der Waals surface area contributed by atoms with Crippen molar-refractivity contribution in [3.05, 3.63) is 30.9 Å². The second kappa shape index (κ2) is 9.36. The van der Waals surface area contributed by atoms with E-state index in [0.717, 1.165) is 0 Å². The third kappa shape index (κ3) is 5.25. The smallest absolute Gasteiger partial charge is 0.362 e. The van der Waals surface area contributed by atoms with E-state index in [1.807, 2.05) is 0 Å². The first-order valence-corrected chi connectivity index (χ1v) is 11.3. The summed E-state index contributed by atoms with van der Waals surface area (Å²) in [6.45, 7) is -0.353. The van der Waals surface area contributed by atoms with E-state index in [4.69, 9.17) is 20.4 Å². The number of imidazole rings is 2. The number of aromatic amines is 1. The van der Waals surface area contributed by atoms with Crippen LogP contribution in [0.4, 0.5) is 5.82 Å². The molecule has 0 spiro atoms. The van der Waals surface area contributed by atoms with Crippen molar-refractivity contribution in [1.82, 2.24) is 34.2 Å². The van der Waals surface area contributed by atoms with Gasteiger partial charge in [0.25, 0.3) is 5.91 Å². The van der Waals surface area contributed by atoms with Crippen molar-refractivity contribution in [3.8, 4) is 0 Å². The van der Waals surface area contributed by atoms with Crippen LogP contribution in [-0.2, 0) is 30.4 Å². The van der Waals surface area contributed by atoms with Gasteiger partial charge in [0.1, 0.15) is 17.9 Å². The number of aliphatic hydroxyl groups excluding tert-OH is 1. The lowest BCUT2D eigenvalue weighted by molar-refractivity contribution is -0.121. The number of carbonyl (C=O) groups excluding carboxylic acids is 1. The van der Waals surface area contributed by atoms with Crippen molar-refractivity contribution in [2.24, 2.45) is 5.73 Å². The minimum absolute atomic E-state index is 0.0622. The Balaban J connectivity index is 1.30. The largest absolute Gasteiger partial charge is 0.390 e. The molecule has 0 unspecified atom stereocenters. The van der Waals surface area contributed by atoms with Gasteiger partial charge in [-0.25, -0.2) is 24.7 Å². The summed E-state index contributed by atoms with van der Waals surface area (Å²) in [5.74, 6) is -0.707. The van der Waals surface area contributed by atoms with Crippen LogP contribution in [0.1, 0.15) is 18.2 Å². The minimum Gasteiger partial charge on any atom is -0.390 e. The number of rotatable bonds is 8. The van der Waals surface area contributed by atoms with Gasteiger partial charge >= 0.3 is 10.3 Å². The number of hydrogen-bond donors (Lipinski definition) is 5. The van der Waals surface area contributed by atoms with Gasteiger partial charge in [0.2, 0.25) is 0 Å². The van der Waals surface area contributed by atoms with Crippen molar-refractivity contribution in [3.63, 3.8) is 0 Å². The lowest BCUT2D eigenvalue weighted by Crippen LogP contribution is -2.47. The van der Waals surface area contributed by atoms with Gasteiger partial charge in [-0.05, 0) is 6.42 Å². The molecule has 1 aliphatic heterocycles. The second-order valence-electron chi connectivity index (χ2n) is 7.50. The fourth-order valence-electron chi connectivity index (χ4n) is 3.45. The van der Waals surface area contributed by atoms with Gasteiger partial charge in [-0.1, -0.05) is 0 Å². The first-order chi connectivity index (χ1) is 15.7. The zero-order chi connectivity index (χ0) is 23.6. The highest BCUT2D eigenvalue weighted by Gasteiger charge is 2.33. The molecule has 0 aromatic carbocycles. The molecule has 3 aromatic rings. The number of aliphatic hydroxyl groups is 1. The average Bonchev–Trinajstić information content (AvgIpc) is 3.43. The van der Waals surface area contributed by atoms with E-state index in [-0.39, 0.29) is 31.3 Å². The molecular formula is C17H23N9O6S. The molecule has 15 nitrogen and oxygen atoms in total. The van der Waals surface area contributed by atoms with Crippen molar-refractivity contribution in [1.29, 1.82) is 0 Å². The van der Waals surface area contributed by atoms with Crippen molar-refractivity contribution in [2.45, 2.75) is 37.1 Å². The van der Waals surface area contributed by atoms with E-state index in [2.05, 4.69) is 24.9 Å². The van der Waals surface area contributed by atoms with Crippen molar-refractivity contribution >= 4 is 33.2 Å². The number of carbonyl (C=O) groups is 1. The number of anilines is 1. The predicted molar refractivity (Wildman–Crippen MR) is 112 cm³/mol. The molecule has 1 amide bonds. The van der Waals surface area contributed by atoms with Crippen LogP contribution >= 0.6 is 0 Å². The Morgan fingerprint density at radius 1 is 1.42 bits per heavy atom. The third-order valence-electron chi connectivity index (χ3n) is 5.17. The molecule has 4 heterocycles. The Bertz CT molecular complexity index is 1220. The van der Waals surface area contributed by atoms with E-state index in [9.17, 15) is 18.3 Å². The number of nitrogens with one attached hydrogen (secondary N) is 2. The standard InChI is InChI=1S/C17H23N9O6S/c18-11(1-9-3-20-6-21-9)17(28)25-33(29,30)32-5-13-12(27)2-10(4-31-13)26-8-24-14-15(19)22-7-23-16(14)26/h3,6-8,10-13,27H,1-2,4-5,18H2,(H,20,21)(H,25,28)(H2,19,22,23)/t10-,11-,12-,13+/m0/s1. The molecule has 33 heavy (non-hydrogen) atoms. The zero-order valence-corrected chi connectivity index (χ0v) is 18.1. The van der Waals surface area contributed by atoms with Crippen LogP contribution in [0.5, 0.6) is 0 Å². The summed E-state index contributed by atoms with van der Waals surface area (Å²) < 4.78 is 38.2. The molecule has 7 N–H and O–H groups in total. The maximum absolute atomic E-state index is 12.1. The normalized spacial score (nSPS) is 22.3. The van der Waals surface area contributed by atoms with Gasteiger partial charge in [0, 0.05) is 18.3 Å². The number of nitrogen functional groups attached to an aromatic ring is 1. The van der Waals surface area contributed by atoms with E-state index in [1.54, 1.807) is 9.29 Å². The first kappa shape index (κ1) is 23.0. The van der Waals surface area contributed by atoms with Crippen LogP contribution < -0.4 is 16.2 Å². The second-order valence-corrected chi connectivity index (χ2v) is 8.85. The first-order valence-electron chi connectivity index (χ1n) is 9.90. The van der Waals surface area contributed by atoms with Gasteiger partial charge < -0.3 is 30.9 Å². The lowest BCUT2D eigenvalue weighted by atomic mass is 10.0. The van der Waals surface area contributed by atoms with Gasteiger partial charge in [-0.2, -0.15) is 8.42 Å². The summed E-state index contributed by atoms with van der Waals surface area (Å²) in [6, 6.07) is -1.45. The molecular weight excluding hydrogens is 458 g/mol. The van der Waals surface area contributed by atoms with Gasteiger partial charge in [0.15, 0.2) is 11.5 Å². The van der Waals surface area contributed by atoms with Crippen LogP contribution in [0.2, 0.25) is 0 Å². The minimum atomic E-state index is -4.46. The predicted octanol–water partition coefficient (Wildman–Crippen LogP) is -2.23. The molecule has 0 bridgehead atoms. The molecule has 4 atom stereocenters. The quantitative estimate of drug-likeness (QED) is 0.230. The van der Waals surface area contributed by atoms with Crippen LogP contribution in [0.25, 0.3) is 11.2 Å². The maximum Gasteiger partial charge on any atom is 0.362 e. The van der Waals surface area contributed by atoms with Crippen LogP contribution in [0.15, 0.2) is 25.2 Å². The number of ether oxygens (including phenoxy) is 1. The molecule has 0 radical (unpaired) electrons. The van der Waals surface area contributed by atoms with Crippen LogP contribution in [0.3, 0.4) is 0 Å². The summed E-state index contributed by atoms with van der Waals surface area (Å²) in [6.07, 6.45) is 4.04. The summed E-state index contributed by atoms with van der Waals surface area (Å²) in [7, 11) is -4.46. The number of nitrogens with zero attached hydrogens (tertiary/aromatic N) is 5. The molecule has 1 fully saturated rings. The number of nitrogens with two attached hydrogens (primary N) is 2. The Kier molecular flexibility index (Phi) is 6.52. The highest BCUT2D eigenvalue weighted by atomic mass is 32.2. The molecule has 0 aliphatic carbocycles. The molecule has 3 aromatic heterocycles. The number of amides is 1. The fraction of sp³-hybridized carbons (Fsp3) is 0.471. The third-order valence-corrected chi connectivity index (χ3v) is 6.07. The van der Waals surface area contributed by atoms with E-state index < -0.39 is 41.1 Å². The molecule has 0 saturated carbocycles. The van der Waals surface area contributed by atoms with Crippen molar-refractivity contribution in [2.75, 3.05) is 18.9 Å². The Labute approximate surface area is 187 Å². The Hall–Kier alpha value is -3.18. The molecule has 1 aliphatic rings. The van der Waals surface area contributed by atoms with E-state index in [0.29, 0.717) is 16.9 Å². The van der Waals surface area contributed by atoms with Crippen LogP contribution in [0, 0.1) is 0 Å². The Morgan fingerprint density at radius 3 is 2.97 bits per heavy atom. The topological polar surface area (TPSA) is 226 Å². The van der Waals surface area contributed by atoms with Crippen molar-refractivity contribution < 1.29 is 27.2 Å². The molecule has 4 rings (SSSR count). The highest BCUT2D eigenvalue weighted by Crippen LogP contribution is 2.27. The monoisotopic (exact) mass is 481 g/mol. The Morgan fingerprint density at radius 2 is 2.24 bits per heavy atom. The number of H-pyrrole nitrogens is 1. The van der Waals surface area contributed by atoms with E-state index >= 15 is 0 Å². The summed E-state index contributed by atoms with van der Waals surface area (Å²) >= 11 is 0. The summed E-state index contributed by atoms with van der Waals surface area (Å²) in [4.78, 5) is 30.9. The van der Waals surface area contributed by atoms with Gasteiger partial charge in [-0.15, -0.1) is 0 Å². The highest BCUT2D eigenvalue weighted by molar-refractivity contribution is 7.85. The summed E-state index contributed by atoms with van der Waals surface area (Å²) in [5, 5.41) is 10.5. The maximum atomic E-state index is 12.1. The van der Waals surface area contributed by atoms with Gasteiger partial charge in [-0.3, -0.25) is 8.98 Å². The SMILES string of the molecule is Nc1ncnc2c1ncn2[C@@H]1CO[C@H](COS(=O)(=O)NC(=O)[C@@H](N)Cc2cnc[nH]2)[C@@H](O)C1. The molecule has 178 valence electrons. The number of fused-ring (bicyclic) bond motifs is 1. The molecule has 16 heteroatoms. The number of aromatic nitrogens is 6. The van der Waals surface area contributed by atoms with E-state index in [1.165, 1.54) is 25.2 Å². The number of hydrogen-bond acceptors (Lipinski definition) is 12. The fourth-order valence-corrected chi connectivity index (χ4v) is 4.22. The average molecular weight is 481 g/mol. The van der Waals surface area contributed by atoms with Crippen LogP contribution in [-0.4, -0.2) is 80.4 Å². The lowest BCUT2D eigenvalue weighted by Gasteiger charge is -2.33.